The van der Waals surface area contributed by atoms with Gasteiger partial charge in [0.15, 0.2) is 0 Å². The number of esters is 1. The fraction of sp³-hybridized carbons (Fsp3) is 0.227. The van der Waals surface area contributed by atoms with Gasteiger partial charge in [0.25, 0.3) is 0 Å². The van der Waals surface area contributed by atoms with Gasteiger partial charge in [0.1, 0.15) is 6.04 Å². The molecule has 0 radical (unpaired) electrons. The molecule has 0 bridgehead atoms. The molecule has 2 heterocycles. The molecule has 1 aliphatic rings. The van der Waals surface area contributed by atoms with Crippen LogP contribution in [0.25, 0.3) is 0 Å². The molecule has 1 aromatic heterocycles. The predicted molar refractivity (Wildman–Crippen MR) is 126 cm³/mol. The highest BCUT2D eigenvalue weighted by atomic mass is 79.9. The normalized spacial score (nSPS) is 15.4. The van der Waals surface area contributed by atoms with Gasteiger partial charge in [0.05, 0.1) is 12.2 Å². The Labute approximate surface area is 198 Å². The van der Waals surface area contributed by atoms with Crippen LogP contribution in [0.3, 0.4) is 0 Å². The summed E-state index contributed by atoms with van der Waals surface area (Å²) in [5.41, 5.74) is 3.28. The highest BCUT2D eigenvalue weighted by Crippen LogP contribution is 2.37. The zero-order valence-electron chi connectivity index (χ0n) is 16.9. The minimum atomic E-state index is -0.430. The molecule has 4 rings (SSSR count). The molecule has 0 saturated carbocycles. The Morgan fingerprint density at radius 1 is 1.23 bits per heavy atom. The first kappa shape index (κ1) is 21.9. The SMILES string of the molecule is CCOC(=O)C1=C(C)Nc2nc(SCc3ccc(Cl)cc3)nn2[C@@H]1c1ccc(Br)cc1. The van der Waals surface area contributed by atoms with E-state index in [1.54, 1.807) is 11.6 Å². The number of anilines is 1. The maximum atomic E-state index is 12.8. The van der Waals surface area contributed by atoms with Crippen molar-refractivity contribution in [1.29, 1.82) is 0 Å². The summed E-state index contributed by atoms with van der Waals surface area (Å²) in [4.78, 5) is 17.5. The van der Waals surface area contributed by atoms with Gasteiger partial charge in [0, 0.05) is 20.9 Å². The molecule has 6 nitrogen and oxygen atoms in total. The van der Waals surface area contributed by atoms with Gasteiger partial charge in [-0.3, -0.25) is 0 Å². The van der Waals surface area contributed by atoms with Crippen molar-refractivity contribution in [1.82, 2.24) is 14.8 Å². The molecule has 1 N–H and O–H groups in total. The number of nitrogens with zero attached hydrogens (tertiary/aromatic N) is 3. The van der Waals surface area contributed by atoms with Crippen molar-refractivity contribution < 1.29 is 9.53 Å². The van der Waals surface area contributed by atoms with E-state index in [1.807, 2.05) is 55.5 Å². The molecule has 160 valence electrons. The van der Waals surface area contributed by atoms with Gasteiger partial charge in [-0.25, -0.2) is 9.48 Å². The first-order valence-corrected chi connectivity index (χ1v) is 11.9. The third-order valence-corrected chi connectivity index (χ3v) is 6.48. The molecule has 0 spiro atoms. The summed E-state index contributed by atoms with van der Waals surface area (Å²) >= 11 is 11.0. The first-order valence-electron chi connectivity index (χ1n) is 9.70. The van der Waals surface area contributed by atoms with Crippen LogP contribution in [0.5, 0.6) is 0 Å². The van der Waals surface area contributed by atoms with E-state index in [1.165, 1.54) is 11.8 Å². The number of halogens is 2. The lowest BCUT2D eigenvalue weighted by Crippen LogP contribution is -2.29. The molecule has 1 atom stereocenters. The van der Waals surface area contributed by atoms with Gasteiger partial charge < -0.3 is 10.1 Å². The number of ether oxygens (including phenoxy) is 1. The third-order valence-electron chi connectivity index (χ3n) is 4.80. The average Bonchev–Trinajstić information content (AvgIpc) is 3.15. The standard InChI is InChI=1S/C22H20BrClN4O2S/c1-3-30-20(29)18-13(2)25-21-26-22(31-12-14-4-10-17(24)11-5-14)27-28(21)19(18)15-6-8-16(23)9-7-15/h4-11,19H,3,12H2,1-2H3,(H,25,26,27)/t19-/m1/s1. The summed E-state index contributed by atoms with van der Waals surface area (Å²) in [6.45, 7) is 3.96. The molecule has 0 amide bonds. The van der Waals surface area contributed by atoms with Crippen LogP contribution in [0.1, 0.15) is 31.0 Å². The van der Waals surface area contributed by atoms with Crippen LogP contribution in [0.2, 0.25) is 5.02 Å². The fourth-order valence-corrected chi connectivity index (χ4v) is 4.52. The summed E-state index contributed by atoms with van der Waals surface area (Å²) in [5.74, 6) is 0.940. The number of hydrogen-bond acceptors (Lipinski definition) is 6. The number of nitrogens with one attached hydrogen (secondary N) is 1. The van der Waals surface area contributed by atoms with Gasteiger partial charge in [-0.05, 0) is 49.2 Å². The van der Waals surface area contributed by atoms with Crippen LogP contribution < -0.4 is 5.32 Å². The van der Waals surface area contributed by atoms with E-state index in [0.717, 1.165) is 15.6 Å². The molecule has 1 aliphatic heterocycles. The van der Waals surface area contributed by atoms with Crippen molar-refractivity contribution in [2.24, 2.45) is 0 Å². The molecule has 0 saturated heterocycles. The van der Waals surface area contributed by atoms with Gasteiger partial charge in [-0.2, -0.15) is 4.98 Å². The second-order valence-electron chi connectivity index (χ2n) is 6.92. The average molecular weight is 520 g/mol. The Morgan fingerprint density at radius 2 is 1.94 bits per heavy atom. The number of benzene rings is 2. The molecule has 0 unspecified atom stereocenters. The summed E-state index contributed by atoms with van der Waals surface area (Å²) in [6.07, 6.45) is 0. The van der Waals surface area contributed by atoms with E-state index in [0.29, 0.717) is 39.8 Å². The van der Waals surface area contributed by atoms with Crippen LogP contribution in [0, 0.1) is 0 Å². The number of rotatable bonds is 6. The Hall–Kier alpha value is -2.29. The van der Waals surface area contributed by atoms with E-state index < -0.39 is 6.04 Å². The van der Waals surface area contributed by atoms with Crippen molar-refractivity contribution in [3.05, 3.63) is 80.4 Å². The second-order valence-corrected chi connectivity index (χ2v) is 9.21. The first-order chi connectivity index (χ1) is 15.0. The topological polar surface area (TPSA) is 69.0 Å². The lowest BCUT2D eigenvalue weighted by atomic mass is 9.96. The quantitative estimate of drug-likeness (QED) is 0.326. The molecule has 9 heteroatoms. The monoisotopic (exact) mass is 518 g/mol. The Bertz CT molecular complexity index is 1130. The van der Waals surface area contributed by atoms with Crippen LogP contribution >= 0.6 is 39.3 Å². The maximum Gasteiger partial charge on any atom is 0.338 e. The largest absolute Gasteiger partial charge is 0.463 e. The number of hydrogen-bond donors (Lipinski definition) is 1. The summed E-state index contributed by atoms with van der Waals surface area (Å²) in [6, 6.07) is 15.1. The van der Waals surface area contributed by atoms with Crippen molar-refractivity contribution in [2.75, 3.05) is 11.9 Å². The lowest BCUT2D eigenvalue weighted by molar-refractivity contribution is -0.139. The van der Waals surface area contributed by atoms with E-state index in [9.17, 15) is 4.79 Å². The fourth-order valence-electron chi connectivity index (χ4n) is 3.35. The van der Waals surface area contributed by atoms with Gasteiger partial charge >= 0.3 is 5.97 Å². The van der Waals surface area contributed by atoms with E-state index in [4.69, 9.17) is 21.4 Å². The molecule has 3 aromatic rings. The Morgan fingerprint density at radius 3 is 2.61 bits per heavy atom. The van der Waals surface area contributed by atoms with Crippen LogP contribution in [-0.4, -0.2) is 27.3 Å². The maximum absolute atomic E-state index is 12.8. The highest BCUT2D eigenvalue weighted by Gasteiger charge is 2.35. The molecule has 0 aliphatic carbocycles. The van der Waals surface area contributed by atoms with E-state index >= 15 is 0 Å². The van der Waals surface area contributed by atoms with Crippen molar-refractivity contribution >= 4 is 51.2 Å². The molecule has 2 aromatic carbocycles. The van der Waals surface area contributed by atoms with Gasteiger partial charge in [0.2, 0.25) is 11.1 Å². The third kappa shape index (κ3) is 4.81. The number of allylic oxidation sites excluding steroid dienone is 1. The summed E-state index contributed by atoms with van der Waals surface area (Å²) in [7, 11) is 0. The number of carbonyl (C=O) groups is 1. The van der Waals surface area contributed by atoms with Crippen LogP contribution in [0.15, 0.2) is 69.4 Å². The number of aromatic nitrogens is 3. The van der Waals surface area contributed by atoms with E-state index in [-0.39, 0.29) is 5.97 Å². The second kappa shape index (κ2) is 9.46. The molecule has 31 heavy (non-hydrogen) atoms. The zero-order chi connectivity index (χ0) is 22.0. The van der Waals surface area contributed by atoms with Crippen LogP contribution in [0.4, 0.5) is 5.95 Å². The predicted octanol–water partition coefficient (Wildman–Crippen LogP) is 5.84. The van der Waals surface area contributed by atoms with Crippen molar-refractivity contribution in [3.8, 4) is 0 Å². The smallest absolute Gasteiger partial charge is 0.338 e. The number of fused-ring (bicyclic) bond motifs is 1. The number of thioether (sulfide) groups is 1. The molecule has 0 fully saturated rings. The number of carbonyl (C=O) groups excluding carboxylic acids is 1. The Balaban J connectivity index is 1.67. The van der Waals surface area contributed by atoms with Gasteiger partial charge in [-0.15, -0.1) is 5.10 Å². The molecular formula is C22H20BrClN4O2S. The Kier molecular flexibility index (Phi) is 6.69. The van der Waals surface area contributed by atoms with Gasteiger partial charge in [-0.1, -0.05) is 63.6 Å². The lowest BCUT2D eigenvalue weighted by Gasteiger charge is -2.28. The molecular weight excluding hydrogens is 500 g/mol. The summed E-state index contributed by atoms with van der Waals surface area (Å²) < 4.78 is 8.06. The minimum absolute atomic E-state index is 0.301. The van der Waals surface area contributed by atoms with Crippen molar-refractivity contribution in [3.63, 3.8) is 0 Å². The van der Waals surface area contributed by atoms with E-state index in [2.05, 4.69) is 26.2 Å². The highest BCUT2D eigenvalue weighted by molar-refractivity contribution is 9.10. The summed E-state index contributed by atoms with van der Waals surface area (Å²) in [5, 5.41) is 9.26. The van der Waals surface area contributed by atoms with Crippen molar-refractivity contribution in [2.45, 2.75) is 30.8 Å². The zero-order valence-corrected chi connectivity index (χ0v) is 20.1. The minimum Gasteiger partial charge on any atom is -0.463 e. The van der Waals surface area contributed by atoms with Crippen LogP contribution in [-0.2, 0) is 15.3 Å².